The molecule has 0 heterocycles. The Morgan fingerprint density at radius 1 is 1.18 bits per heavy atom. The Labute approximate surface area is 68.0 Å². The molecule has 0 amide bonds. The molecule has 0 spiro atoms. The Morgan fingerprint density at radius 2 is 1.82 bits per heavy atom. The van der Waals surface area contributed by atoms with Crippen molar-refractivity contribution in [3.05, 3.63) is 6.92 Å². The summed E-state index contributed by atoms with van der Waals surface area (Å²) >= 11 is 0. The molecular weight excluding hydrogens is 140 g/mol. The molecule has 0 rings (SSSR count). The molecule has 0 saturated carbocycles. The van der Waals surface area contributed by atoms with E-state index in [2.05, 4.69) is 6.92 Å². The quantitative estimate of drug-likeness (QED) is 0.587. The van der Waals surface area contributed by atoms with Gasteiger partial charge in [-0.05, 0) is 19.8 Å². The van der Waals surface area contributed by atoms with Crippen LogP contribution in [0, 0.1) is 6.92 Å². The molecule has 63 valence electrons. The van der Waals surface area contributed by atoms with Gasteiger partial charge in [-0.1, -0.05) is 6.92 Å². The average molecular weight is 155 g/mol. The number of carbonyl (C=O) groups is 2. The lowest BCUT2D eigenvalue weighted by Crippen LogP contribution is -1.98. The minimum Gasteiger partial charge on any atom is -0.300 e. The number of carbonyl (C=O) groups excluding carboxylic acids is 2. The van der Waals surface area contributed by atoms with Crippen LogP contribution >= 0.6 is 0 Å². The zero-order valence-electron chi connectivity index (χ0n) is 7.06. The van der Waals surface area contributed by atoms with Gasteiger partial charge in [0.15, 0.2) is 0 Å². The highest BCUT2D eigenvalue weighted by Gasteiger charge is 2.00. The van der Waals surface area contributed by atoms with Gasteiger partial charge in [-0.2, -0.15) is 0 Å². The van der Waals surface area contributed by atoms with Gasteiger partial charge in [0.25, 0.3) is 0 Å². The normalized spacial score (nSPS) is 9.64. The van der Waals surface area contributed by atoms with E-state index in [-0.39, 0.29) is 11.6 Å². The monoisotopic (exact) mass is 155 g/mol. The van der Waals surface area contributed by atoms with E-state index >= 15 is 0 Å². The van der Waals surface area contributed by atoms with Gasteiger partial charge in [0, 0.05) is 19.3 Å². The highest BCUT2D eigenvalue weighted by molar-refractivity contribution is 5.80. The zero-order valence-corrected chi connectivity index (χ0v) is 7.06. The highest BCUT2D eigenvalue weighted by Crippen LogP contribution is 2.01. The first-order valence-electron chi connectivity index (χ1n) is 3.97. The zero-order chi connectivity index (χ0) is 8.69. The van der Waals surface area contributed by atoms with E-state index in [9.17, 15) is 9.59 Å². The van der Waals surface area contributed by atoms with Crippen LogP contribution in [0.1, 0.15) is 39.0 Å². The van der Waals surface area contributed by atoms with Gasteiger partial charge >= 0.3 is 0 Å². The first-order chi connectivity index (χ1) is 5.16. The van der Waals surface area contributed by atoms with Crippen molar-refractivity contribution in [2.45, 2.75) is 39.0 Å². The van der Waals surface area contributed by atoms with Crippen molar-refractivity contribution >= 4 is 11.6 Å². The fraction of sp³-hybridized carbons (Fsp3) is 0.667. The Morgan fingerprint density at radius 3 is 2.27 bits per heavy atom. The molecule has 2 heteroatoms. The summed E-state index contributed by atoms with van der Waals surface area (Å²) in [5.41, 5.74) is 0. The molecule has 1 radical (unpaired) electrons. The minimum atomic E-state index is 0.160. The van der Waals surface area contributed by atoms with Gasteiger partial charge in [-0.25, -0.2) is 0 Å². The first-order valence-corrected chi connectivity index (χ1v) is 3.97. The molecular formula is C9H15O2. The van der Waals surface area contributed by atoms with Crippen LogP contribution in [-0.4, -0.2) is 11.6 Å². The van der Waals surface area contributed by atoms with E-state index in [4.69, 9.17) is 0 Å². The molecule has 2 nitrogen and oxygen atoms in total. The van der Waals surface area contributed by atoms with Crippen LogP contribution in [0.25, 0.3) is 0 Å². The van der Waals surface area contributed by atoms with Crippen LogP contribution < -0.4 is 0 Å². The molecule has 0 N–H and O–H groups in total. The van der Waals surface area contributed by atoms with Gasteiger partial charge in [0.1, 0.15) is 11.6 Å². The standard InChI is InChI=1S/C9H15O2/c1-3-5-9(11)7-4-6-8(2)10/h1,3-7H2,2H3. The van der Waals surface area contributed by atoms with E-state index < -0.39 is 0 Å². The summed E-state index contributed by atoms with van der Waals surface area (Å²) < 4.78 is 0. The fourth-order valence-corrected chi connectivity index (χ4v) is 0.857. The lowest BCUT2D eigenvalue weighted by Gasteiger charge is -1.95. The van der Waals surface area contributed by atoms with E-state index in [1.54, 1.807) is 6.92 Å². The van der Waals surface area contributed by atoms with E-state index in [0.717, 1.165) is 0 Å². The molecule has 0 aromatic heterocycles. The Balaban J connectivity index is 3.24. The third-order valence-corrected chi connectivity index (χ3v) is 1.44. The molecule has 11 heavy (non-hydrogen) atoms. The van der Waals surface area contributed by atoms with Crippen molar-refractivity contribution in [1.82, 2.24) is 0 Å². The molecule has 0 fully saturated rings. The third kappa shape index (κ3) is 7.23. The van der Waals surface area contributed by atoms with E-state index in [1.165, 1.54) is 0 Å². The molecule has 0 unspecified atom stereocenters. The maximum Gasteiger partial charge on any atom is 0.132 e. The van der Waals surface area contributed by atoms with Gasteiger partial charge in [0.2, 0.25) is 0 Å². The number of hydrogen-bond donors (Lipinski definition) is 0. The fourth-order valence-electron chi connectivity index (χ4n) is 0.857. The predicted octanol–water partition coefficient (Wildman–Crippen LogP) is 1.93. The van der Waals surface area contributed by atoms with Crippen LogP contribution in [0.5, 0.6) is 0 Å². The summed E-state index contributed by atoms with van der Waals surface area (Å²) in [6.45, 7) is 5.13. The number of Topliss-reactive ketones (excluding diaryl/α,β-unsaturated/α-hetero) is 2. The molecule has 0 aromatic carbocycles. The lowest BCUT2D eigenvalue weighted by atomic mass is 10.1. The number of ketones is 2. The summed E-state index contributed by atoms with van der Waals surface area (Å²) in [6, 6.07) is 0. The maximum atomic E-state index is 10.9. The van der Waals surface area contributed by atoms with Crippen LogP contribution in [0.3, 0.4) is 0 Å². The summed E-state index contributed by atoms with van der Waals surface area (Å²) in [7, 11) is 0. The molecule has 0 aromatic rings. The van der Waals surface area contributed by atoms with Gasteiger partial charge in [0.05, 0.1) is 0 Å². The van der Waals surface area contributed by atoms with Crippen molar-refractivity contribution in [3.8, 4) is 0 Å². The SMILES string of the molecule is [CH2]CCC(=O)CCCC(C)=O. The molecule has 0 aliphatic heterocycles. The van der Waals surface area contributed by atoms with Crippen molar-refractivity contribution < 1.29 is 9.59 Å². The molecule has 0 bridgehead atoms. The second-order valence-corrected chi connectivity index (χ2v) is 2.70. The predicted molar refractivity (Wildman–Crippen MR) is 44.1 cm³/mol. The van der Waals surface area contributed by atoms with Crippen molar-refractivity contribution in [1.29, 1.82) is 0 Å². The Hall–Kier alpha value is -0.660. The second kappa shape index (κ2) is 6.08. The summed E-state index contributed by atoms with van der Waals surface area (Å²) in [6.07, 6.45) is 2.99. The summed E-state index contributed by atoms with van der Waals surface area (Å²) in [5, 5.41) is 0. The second-order valence-electron chi connectivity index (χ2n) is 2.70. The van der Waals surface area contributed by atoms with Crippen LogP contribution in [0.15, 0.2) is 0 Å². The molecule has 0 aliphatic rings. The minimum absolute atomic E-state index is 0.160. The highest BCUT2D eigenvalue weighted by atomic mass is 16.1. The first kappa shape index (κ1) is 10.3. The van der Waals surface area contributed by atoms with Gasteiger partial charge in [-0.3, -0.25) is 4.79 Å². The van der Waals surface area contributed by atoms with Crippen molar-refractivity contribution in [2.24, 2.45) is 0 Å². The Kier molecular flexibility index (Phi) is 5.71. The molecule has 0 aliphatic carbocycles. The maximum absolute atomic E-state index is 10.9. The third-order valence-electron chi connectivity index (χ3n) is 1.44. The Bertz CT molecular complexity index is 138. The lowest BCUT2D eigenvalue weighted by molar-refractivity contribution is -0.119. The van der Waals surface area contributed by atoms with E-state index in [0.29, 0.717) is 32.1 Å². The van der Waals surface area contributed by atoms with Crippen molar-refractivity contribution in [2.75, 3.05) is 0 Å². The molecule has 0 atom stereocenters. The van der Waals surface area contributed by atoms with Crippen LogP contribution in [-0.2, 0) is 9.59 Å². The largest absolute Gasteiger partial charge is 0.300 e. The number of rotatable bonds is 6. The summed E-state index contributed by atoms with van der Waals surface area (Å²) in [5.74, 6) is 0.383. The van der Waals surface area contributed by atoms with Gasteiger partial charge < -0.3 is 4.79 Å². The number of hydrogen-bond acceptors (Lipinski definition) is 2. The van der Waals surface area contributed by atoms with E-state index in [1.807, 2.05) is 0 Å². The topological polar surface area (TPSA) is 34.1 Å². The van der Waals surface area contributed by atoms with Gasteiger partial charge in [-0.15, -0.1) is 0 Å². The van der Waals surface area contributed by atoms with Crippen LogP contribution in [0.4, 0.5) is 0 Å². The summed E-state index contributed by atoms with van der Waals surface area (Å²) in [4.78, 5) is 21.3. The smallest absolute Gasteiger partial charge is 0.132 e. The van der Waals surface area contributed by atoms with Crippen molar-refractivity contribution in [3.63, 3.8) is 0 Å². The van der Waals surface area contributed by atoms with Crippen LogP contribution in [0.2, 0.25) is 0 Å². The average Bonchev–Trinajstić information content (AvgIpc) is 1.87. The molecule has 0 saturated heterocycles.